The van der Waals surface area contributed by atoms with Gasteiger partial charge in [0, 0.05) is 12.3 Å². The summed E-state index contributed by atoms with van der Waals surface area (Å²) in [6.07, 6.45) is 3.68. The van der Waals surface area contributed by atoms with Crippen LogP contribution in [0.5, 0.6) is 0 Å². The van der Waals surface area contributed by atoms with E-state index in [2.05, 4.69) is 0 Å². The van der Waals surface area contributed by atoms with E-state index in [1.165, 1.54) is 0 Å². The monoisotopic (exact) mass is 362 g/mol. The molecule has 0 spiro atoms. The molecule has 1 aliphatic carbocycles. The highest BCUT2D eigenvalue weighted by atomic mass is 16.3. The molecule has 0 aliphatic heterocycles. The lowest BCUT2D eigenvalue weighted by Crippen LogP contribution is -2.43. The molecule has 4 atom stereocenters. The number of rotatable bonds is 8. The third-order valence-corrected chi connectivity index (χ3v) is 5.28. The van der Waals surface area contributed by atoms with E-state index in [0.29, 0.717) is 12.8 Å². The number of ketones is 3. The molecule has 1 saturated carbocycles. The van der Waals surface area contributed by atoms with Crippen molar-refractivity contribution in [2.75, 3.05) is 0 Å². The molecule has 4 heteroatoms. The van der Waals surface area contributed by atoms with Gasteiger partial charge in [-0.25, -0.2) is 0 Å². The molecule has 1 aliphatic rings. The van der Waals surface area contributed by atoms with Crippen LogP contribution in [-0.4, -0.2) is 28.6 Å². The Kier molecular flexibility index (Phi) is 7.70. The van der Waals surface area contributed by atoms with Crippen LogP contribution in [0.1, 0.15) is 67.7 Å². The Bertz CT molecular complexity index is 618. The van der Waals surface area contributed by atoms with Crippen molar-refractivity contribution in [3.63, 3.8) is 0 Å². The molecule has 26 heavy (non-hydrogen) atoms. The maximum Gasteiger partial charge on any atom is 0.159 e. The van der Waals surface area contributed by atoms with Gasteiger partial charge in [0.25, 0.3) is 0 Å². The minimum atomic E-state index is -1.23. The van der Waals surface area contributed by atoms with Crippen molar-refractivity contribution in [3.05, 3.63) is 23.3 Å². The number of aliphatic hydroxyl groups is 1. The van der Waals surface area contributed by atoms with Gasteiger partial charge in [-0.2, -0.15) is 0 Å². The summed E-state index contributed by atoms with van der Waals surface area (Å²) in [4.78, 5) is 38.8. The summed E-state index contributed by atoms with van der Waals surface area (Å²) >= 11 is 0. The first-order valence-corrected chi connectivity index (χ1v) is 9.48. The van der Waals surface area contributed by atoms with E-state index >= 15 is 0 Å². The predicted octanol–water partition coefficient (Wildman–Crippen LogP) is 4.07. The summed E-state index contributed by atoms with van der Waals surface area (Å²) in [7, 11) is 0. The fourth-order valence-electron chi connectivity index (χ4n) is 3.64. The molecular weight excluding hydrogens is 328 g/mol. The largest absolute Gasteiger partial charge is 0.392 e. The molecule has 1 rings (SSSR count). The molecule has 0 saturated heterocycles. The average molecular weight is 363 g/mol. The van der Waals surface area contributed by atoms with Crippen molar-refractivity contribution in [1.29, 1.82) is 0 Å². The first kappa shape index (κ1) is 22.5. The first-order chi connectivity index (χ1) is 11.9. The van der Waals surface area contributed by atoms with Crippen LogP contribution in [0.25, 0.3) is 0 Å². The van der Waals surface area contributed by atoms with Crippen LogP contribution in [0.2, 0.25) is 0 Å². The fraction of sp³-hybridized carbons (Fsp3) is 0.682. The molecule has 0 bridgehead atoms. The third kappa shape index (κ3) is 4.79. The molecule has 1 N–H and O–H groups in total. The van der Waals surface area contributed by atoms with Crippen LogP contribution >= 0.6 is 0 Å². The molecule has 4 nitrogen and oxygen atoms in total. The van der Waals surface area contributed by atoms with Gasteiger partial charge in [0.15, 0.2) is 17.3 Å². The van der Waals surface area contributed by atoms with E-state index in [9.17, 15) is 19.5 Å². The Morgan fingerprint density at radius 2 is 1.65 bits per heavy atom. The molecule has 0 amide bonds. The number of hydrogen-bond donors (Lipinski definition) is 1. The second-order valence-corrected chi connectivity index (χ2v) is 8.65. The quantitative estimate of drug-likeness (QED) is 0.522. The Labute approximate surface area is 157 Å². The van der Waals surface area contributed by atoms with E-state index in [1.807, 2.05) is 53.7 Å². The summed E-state index contributed by atoms with van der Waals surface area (Å²) in [5.41, 5.74) is 0.854. The predicted molar refractivity (Wildman–Crippen MR) is 104 cm³/mol. The highest BCUT2D eigenvalue weighted by molar-refractivity contribution is 6.26. The van der Waals surface area contributed by atoms with Gasteiger partial charge >= 0.3 is 0 Å². The Morgan fingerprint density at radius 1 is 1.12 bits per heavy atom. The van der Waals surface area contributed by atoms with E-state index in [0.717, 1.165) is 11.1 Å². The van der Waals surface area contributed by atoms with Gasteiger partial charge in [-0.3, -0.25) is 14.4 Å². The summed E-state index contributed by atoms with van der Waals surface area (Å²) in [5, 5.41) is 10.8. The SMILES string of the molecule is CC(C)=CCC(O)C1(C)C(=O)C(C(=O)CC(C)C)C(=O)C1CC=C(C)C. The Balaban J connectivity index is 3.30. The van der Waals surface area contributed by atoms with Gasteiger partial charge in [0.05, 0.1) is 11.5 Å². The fourth-order valence-corrected chi connectivity index (χ4v) is 3.64. The van der Waals surface area contributed by atoms with Crippen molar-refractivity contribution < 1.29 is 19.5 Å². The molecule has 1 fully saturated rings. The molecule has 0 heterocycles. The van der Waals surface area contributed by atoms with Crippen LogP contribution in [0.15, 0.2) is 23.3 Å². The minimum absolute atomic E-state index is 0.0850. The van der Waals surface area contributed by atoms with Crippen molar-refractivity contribution in [2.45, 2.75) is 73.8 Å². The molecule has 0 aromatic carbocycles. The topological polar surface area (TPSA) is 71.4 Å². The van der Waals surface area contributed by atoms with Crippen molar-refractivity contribution in [2.24, 2.45) is 23.2 Å². The van der Waals surface area contributed by atoms with Gasteiger partial charge in [-0.1, -0.05) is 37.1 Å². The Morgan fingerprint density at radius 3 is 2.12 bits per heavy atom. The molecule has 4 unspecified atom stereocenters. The normalized spacial score (nSPS) is 26.8. The zero-order valence-corrected chi connectivity index (χ0v) is 17.3. The second-order valence-electron chi connectivity index (χ2n) is 8.65. The van der Waals surface area contributed by atoms with E-state index in [4.69, 9.17) is 0 Å². The van der Waals surface area contributed by atoms with E-state index in [-0.39, 0.29) is 23.9 Å². The zero-order chi connectivity index (χ0) is 20.2. The molecular formula is C22H34O4. The number of hydrogen-bond acceptors (Lipinski definition) is 4. The van der Waals surface area contributed by atoms with Crippen LogP contribution < -0.4 is 0 Å². The number of aliphatic hydroxyl groups excluding tert-OH is 1. The maximum absolute atomic E-state index is 13.2. The zero-order valence-electron chi connectivity index (χ0n) is 17.3. The van der Waals surface area contributed by atoms with E-state index in [1.54, 1.807) is 6.92 Å². The van der Waals surface area contributed by atoms with Gasteiger partial charge in [0.2, 0.25) is 0 Å². The second kappa shape index (κ2) is 8.90. The molecule has 146 valence electrons. The van der Waals surface area contributed by atoms with Crippen molar-refractivity contribution in [1.82, 2.24) is 0 Å². The lowest BCUT2D eigenvalue weighted by atomic mass is 9.71. The van der Waals surface area contributed by atoms with Gasteiger partial charge in [-0.15, -0.1) is 0 Å². The highest BCUT2D eigenvalue weighted by Crippen LogP contribution is 2.47. The Hall–Kier alpha value is -1.55. The lowest BCUT2D eigenvalue weighted by molar-refractivity contribution is -0.140. The number of carbonyl (C=O) groups is 3. The number of Topliss-reactive ketones (excluding diaryl/α,β-unsaturated/α-hetero) is 3. The maximum atomic E-state index is 13.2. The first-order valence-electron chi connectivity index (χ1n) is 9.48. The average Bonchev–Trinajstić information content (AvgIpc) is 2.69. The standard InChI is InChI=1S/C22H34O4/c1-13(2)8-10-16-20(25)19(17(23)12-15(5)6)21(26)22(16,7)18(24)11-9-14(3)4/h8-9,15-16,18-19,24H,10-12H2,1-7H3. The smallest absolute Gasteiger partial charge is 0.159 e. The van der Waals surface area contributed by atoms with E-state index < -0.39 is 29.1 Å². The van der Waals surface area contributed by atoms with Gasteiger partial charge in [-0.05, 0) is 53.4 Å². The van der Waals surface area contributed by atoms with Crippen LogP contribution in [0.3, 0.4) is 0 Å². The summed E-state index contributed by atoms with van der Waals surface area (Å²) in [6, 6.07) is 0. The highest BCUT2D eigenvalue weighted by Gasteiger charge is 2.61. The summed E-state index contributed by atoms with van der Waals surface area (Å²) in [6.45, 7) is 13.2. The van der Waals surface area contributed by atoms with Crippen LogP contribution in [-0.2, 0) is 14.4 Å². The third-order valence-electron chi connectivity index (χ3n) is 5.28. The summed E-state index contributed by atoms with van der Waals surface area (Å²) in [5.74, 6) is -2.84. The lowest BCUT2D eigenvalue weighted by Gasteiger charge is -2.33. The van der Waals surface area contributed by atoms with Crippen molar-refractivity contribution >= 4 is 17.3 Å². The molecule has 0 aromatic rings. The van der Waals surface area contributed by atoms with Gasteiger partial charge < -0.3 is 5.11 Å². The molecule has 0 radical (unpaired) electrons. The summed E-state index contributed by atoms with van der Waals surface area (Å²) < 4.78 is 0. The molecule has 0 aromatic heterocycles. The minimum Gasteiger partial charge on any atom is -0.392 e. The van der Waals surface area contributed by atoms with Gasteiger partial charge in [0.1, 0.15) is 5.92 Å². The van der Waals surface area contributed by atoms with Crippen LogP contribution in [0, 0.1) is 23.2 Å². The number of carbonyl (C=O) groups excluding carboxylic acids is 3. The van der Waals surface area contributed by atoms with Crippen molar-refractivity contribution in [3.8, 4) is 0 Å². The number of allylic oxidation sites excluding steroid dienone is 3. The van der Waals surface area contributed by atoms with Crippen LogP contribution in [0.4, 0.5) is 0 Å².